The maximum Gasteiger partial charge on any atom is 0.281 e. The lowest BCUT2D eigenvalue weighted by atomic mass is 10.1. The molecule has 1 aromatic carbocycles. The molecule has 0 radical (unpaired) electrons. The van der Waals surface area contributed by atoms with Crippen LogP contribution in [0.4, 0.5) is 0 Å². The second-order valence-electron chi connectivity index (χ2n) is 5.05. The molecule has 0 amide bonds. The number of rotatable bonds is 1. The fourth-order valence-corrected chi connectivity index (χ4v) is 3.15. The van der Waals surface area contributed by atoms with Crippen LogP contribution < -0.4 is 5.56 Å². The topological polar surface area (TPSA) is 50.5 Å². The number of benzene rings is 1. The Bertz CT molecular complexity index is 719. The summed E-state index contributed by atoms with van der Waals surface area (Å²) in [5, 5.41) is 5.98. The summed E-state index contributed by atoms with van der Waals surface area (Å²) in [5.41, 5.74) is 0.585. The zero-order chi connectivity index (χ0) is 14.7. The van der Waals surface area contributed by atoms with Crippen molar-refractivity contribution in [3.8, 4) is 0 Å². The van der Waals surface area contributed by atoms with Gasteiger partial charge in [0.2, 0.25) is 0 Å². The van der Waals surface area contributed by atoms with E-state index in [4.69, 9.17) is 0 Å². The van der Waals surface area contributed by atoms with Crippen molar-refractivity contribution < 1.29 is 0 Å². The van der Waals surface area contributed by atoms with E-state index in [-0.39, 0.29) is 5.56 Å². The highest BCUT2D eigenvalue weighted by molar-refractivity contribution is 8.13. The minimum absolute atomic E-state index is 0.121. The van der Waals surface area contributed by atoms with Crippen molar-refractivity contribution in [2.45, 2.75) is 19.3 Å². The molecule has 1 aromatic heterocycles. The summed E-state index contributed by atoms with van der Waals surface area (Å²) in [5.74, 6) is 0. The maximum atomic E-state index is 12.5. The van der Waals surface area contributed by atoms with E-state index in [0.29, 0.717) is 10.9 Å². The van der Waals surface area contributed by atoms with Gasteiger partial charge < -0.3 is 4.90 Å². The minimum Gasteiger partial charge on any atom is -0.350 e. The van der Waals surface area contributed by atoms with Gasteiger partial charge in [0, 0.05) is 13.1 Å². The zero-order valence-corrected chi connectivity index (χ0v) is 12.8. The van der Waals surface area contributed by atoms with Crippen LogP contribution >= 0.6 is 11.8 Å². The lowest BCUT2D eigenvalue weighted by Crippen LogP contribution is -2.35. The lowest BCUT2D eigenvalue weighted by Gasteiger charge is -2.28. The number of aromatic nitrogens is 2. The molecule has 6 heteroatoms. The summed E-state index contributed by atoms with van der Waals surface area (Å²) in [7, 11) is 0. The van der Waals surface area contributed by atoms with Crippen LogP contribution in [0.3, 0.4) is 0 Å². The second kappa shape index (κ2) is 6.30. The molecule has 21 heavy (non-hydrogen) atoms. The number of piperidine rings is 1. The van der Waals surface area contributed by atoms with Crippen molar-refractivity contribution in [1.29, 1.82) is 0 Å². The van der Waals surface area contributed by atoms with Crippen LogP contribution in [0.1, 0.15) is 19.3 Å². The maximum absolute atomic E-state index is 12.5. The van der Waals surface area contributed by atoms with Gasteiger partial charge in [0.25, 0.3) is 5.56 Å². The van der Waals surface area contributed by atoms with Gasteiger partial charge in [-0.3, -0.25) is 4.79 Å². The van der Waals surface area contributed by atoms with Crippen molar-refractivity contribution in [1.82, 2.24) is 14.6 Å². The van der Waals surface area contributed by atoms with Gasteiger partial charge in [-0.1, -0.05) is 23.9 Å². The Hall–Kier alpha value is -1.82. The molecule has 110 valence electrons. The Morgan fingerprint density at radius 1 is 1.24 bits per heavy atom. The monoisotopic (exact) mass is 302 g/mol. The van der Waals surface area contributed by atoms with Crippen molar-refractivity contribution in [3.05, 3.63) is 40.9 Å². The Morgan fingerprint density at radius 3 is 2.76 bits per heavy atom. The van der Waals surface area contributed by atoms with Gasteiger partial charge in [-0.25, -0.2) is 4.98 Å². The third-order valence-corrected chi connectivity index (χ3v) is 4.36. The van der Waals surface area contributed by atoms with E-state index in [2.05, 4.69) is 15.0 Å². The average molecular weight is 302 g/mol. The van der Waals surface area contributed by atoms with Gasteiger partial charge in [0.1, 0.15) is 6.33 Å². The first-order valence-corrected chi connectivity index (χ1v) is 8.36. The summed E-state index contributed by atoms with van der Waals surface area (Å²) in [6.07, 6.45) is 7.14. The highest BCUT2D eigenvalue weighted by Gasteiger charge is 2.15. The highest BCUT2D eigenvalue weighted by Crippen LogP contribution is 2.14. The predicted molar refractivity (Wildman–Crippen MR) is 87.8 cm³/mol. The fourth-order valence-electron chi connectivity index (χ4n) is 2.54. The molecule has 0 spiro atoms. The molecule has 0 N–H and O–H groups in total. The standard InChI is InChI=1S/C15H18N4OS/c1-21-15(18-9-5-2-6-10-18)17-19-11-16-13-8-4-3-7-12(13)14(19)20/h3-4,7-8,11H,2,5-6,9-10H2,1H3. The molecule has 3 rings (SSSR count). The Balaban J connectivity index is 2.00. The molecule has 1 fully saturated rings. The van der Waals surface area contributed by atoms with E-state index in [9.17, 15) is 4.79 Å². The van der Waals surface area contributed by atoms with E-state index in [1.807, 2.05) is 24.5 Å². The molecule has 0 aliphatic carbocycles. The van der Waals surface area contributed by atoms with E-state index < -0.39 is 0 Å². The van der Waals surface area contributed by atoms with Crippen LogP contribution in [-0.2, 0) is 0 Å². The van der Waals surface area contributed by atoms with Gasteiger partial charge >= 0.3 is 0 Å². The second-order valence-corrected chi connectivity index (χ2v) is 5.82. The normalized spacial score (nSPS) is 16.4. The third-order valence-electron chi connectivity index (χ3n) is 3.65. The number of amidine groups is 1. The van der Waals surface area contributed by atoms with Crippen molar-refractivity contribution in [2.75, 3.05) is 19.3 Å². The highest BCUT2D eigenvalue weighted by atomic mass is 32.2. The summed E-state index contributed by atoms with van der Waals surface area (Å²) >= 11 is 1.57. The molecular weight excluding hydrogens is 284 g/mol. The number of hydrogen-bond acceptors (Lipinski definition) is 4. The van der Waals surface area contributed by atoms with Gasteiger partial charge in [-0.05, 0) is 37.7 Å². The van der Waals surface area contributed by atoms with E-state index in [1.165, 1.54) is 30.3 Å². The molecule has 0 unspecified atom stereocenters. The van der Waals surface area contributed by atoms with Gasteiger partial charge in [-0.2, -0.15) is 4.68 Å². The first-order chi connectivity index (χ1) is 10.3. The number of hydrogen-bond donors (Lipinski definition) is 0. The predicted octanol–water partition coefficient (Wildman–Crippen LogP) is 2.36. The Morgan fingerprint density at radius 2 is 2.00 bits per heavy atom. The molecule has 1 aliphatic heterocycles. The summed E-state index contributed by atoms with van der Waals surface area (Å²) in [4.78, 5) is 19.0. The van der Waals surface area contributed by atoms with E-state index >= 15 is 0 Å². The molecule has 2 aromatic rings. The summed E-state index contributed by atoms with van der Waals surface area (Å²) in [6.45, 7) is 2.02. The quantitative estimate of drug-likeness (QED) is 0.599. The molecule has 5 nitrogen and oxygen atoms in total. The average Bonchev–Trinajstić information content (AvgIpc) is 2.55. The molecular formula is C15H18N4OS. The number of fused-ring (bicyclic) bond motifs is 1. The summed E-state index contributed by atoms with van der Waals surface area (Å²) < 4.78 is 1.35. The molecule has 1 aliphatic rings. The van der Waals surface area contributed by atoms with Crippen LogP contribution in [0.2, 0.25) is 0 Å². The van der Waals surface area contributed by atoms with Crippen LogP contribution in [0.25, 0.3) is 10.9 Å². The zero-order valence-electron chi connectivity index (χ0n) is 12.0. The van der Waals surface area contributed by atoms with Crippen molar-refractivity contribution >= 4 is 27.8 Å². The number of likely N-dealkylation sites (tertiary alicyclic amines) is 1. The van der Waals surface area contributed by atoms with Gasteiger partial charge in [-0.15, -0.1) is 5.10 Å². The van der Waals surface area contributed by atoms with Crippen molar-refractivity contribution in [2.24, 2.45) is 5.10 Å². The number of para-hydroxylation sites is 1. The fraction of sp³-hybridized carbons (Fsp3) is 0.400. The van der Waals surface area contributed by atoms with E-state index in [1.54, 1.807) is 17.8 Å². The van der Waals surface area contributed by atoms with E-state index in [0.717, 1.165) is 18.3 Å². The van der Waals surface area contributed by atoms with Crippen LogP contribution in [0, 0.1) is 0 Å². The van der Waals surface area contributed by atoms with Crippen molar-refractivity contribution in [3.63, 3.8) is 0 Å². The van der Waals surface area contributed by atoms with Crippen LogP contribution in [0.5, 0.6) is 0 Å². The first kappa shape index (κ1) is 14.1. The van der Waals surface area contributed by atoms with Crippen LogP contribution in [-0.4, -0.2) is 39.1 Å². The molecule has 0 bridgehead atoms. The Kier molecular flexibility index (Phi) is 4.24. The first-order valence-electron chi connectivity index (χ1n) is 7.14. The SMILES string of the molecule is CSC(=Nn1cnc2ccccc2c1=O)N1CCCCC1. The molecule has 0 saturated carbocycles. The Labute approximate surface area is 127 Å². The molecule has 1 saturated heterocycles. The van der Waals surface area contributed by atoms with Crippen LogP contribution in [0.15, 0.2) is 40.5 Å². The molecule has 2 heterocycles. The van der Waals surface area contributed by atoms with Gasteiger partial charge in [0.05, 0.1) is 10.9 Å². The summed E-state index contributed by atoms with van der Waals surface area (Å²) in [6, 6.07) is 7.35. The third kappa shape index (κ3) is 2.95. The lowest BCUT2D eigenvalue weighted by molar-refractivity contribution is 0.346. The largest absolute Gasteiger partial charge is 0.350 e. The number of thioether (sulfide) groups is 1. The molecule has 0 atom stereocenters. The smallest absolute Gasteiger partial charge is 0.281 e. The number of nitrogens with zero attached hydrogens (tertiary/aromatic N) is 4. The van der Waals surface area contributed by atoms with Gasteiger partial charge in [0.15, 0.2) is 5.17 Å². The minimum atomic E-state index is -0.121.